The van der Waals surface area contributed by atoms with Gasteiger partial charge in [0.15, 0.2) is 26.4 Å². The zero-order chi connectivity index (χ0) is 61.5. The van der Waals surface area contributed by atoms with E-state index in [0.717, 1.165) is 9.80 Å². The van der Waals surface area contributed by atoms with Gasteiger partial charge in [-0.1, -0.05) is 20.6 Å². The standard InChI is InChI=1S/C42H71N11O28/c54-18-30(62)26(58)9-45-78-22-36(68)52(37(69)23-79-46-10-27(59)31(63)19-55)3-1-43-34(66)13-50(16-41(74)75)7-5-49(15-40(72)73)6-8-51(17-42(76)77)14-35(67)44-2-4-53(38(70)24-80-47-11-28(60)32(64)20-56)39(71)25-81-48-12-29(61)33(65)21-57/h9-12,26-33,54-65H,1-8,13-25H2,(H,43,66)(H,44,67)(H,72,73)(H,74,75)(H,76,77)/b45-9+,46-10+,47-11+,48-12+/t26?,27?,28?,29?,30-,31-,32-,33?/m1/s1. The number of aliphatic carboxylic acids is 3. The average molecular weight is 1180 g/mol. The Kier molecular flexibility index (Phi) is 39.0. The summed E-state index contributed by atoms with van der Waals surface area (Å²) in [6.45, 7) is -14.3. The Morgan fingerprint density at radius 2 is 0.605 bits per heavy atom. The van der Waals surface area contributed by atoms with Crippen LogP contribution < -0.4 is 10.6 Å². The topological polar surface area (TPSA) is 584 Å². The fraction of sp³-hybridized carbons (Fsp3) is 0.690. The SMILES string of the molecule is O=C(O)CN(CCN(CC(=O)O)CC(=O)NCCN(C(=O)CO/N=C/C(O)C(O)CO)C(=O)CO/N=C/C(O)[C@H](O)CO)CCN(CC(=O)O)CC(=O)NCCN(C(=O)CO/N=C/C(O)[C@H](O)CO)C(=O)CO/N=C/C(O)[C@H](O)CO. The minimum absolute atomic E-state index is 0.272. The number of carboxylic acids is 3. The van der Waals surface area contributed by atoms with E-state index in [-0.39, 0.29) is 26.2 Å². The molecule has 0 rings (SSSR count). The fourth-order valence-electron chi connectivity index (χ4n) is 5.68. The smallest absolute Gasteiger partial charge is 0.317 e. The molecule has 81 heavy (non-hydrogen) atoms. The lowest BCUT2D eigenvalue weighted by molar-refractivity contribution is -0.152. The molecule has 0 radical (unpaired) electrons. The molecule has 6 amide bonds. The van der Waals surface area contributed by atoms with Crippen LogP contribution in [0.5, 0.6) is 0 Å². The highest BCUT2D eigenvalue weighted by atomic mass is 16.6. The molecule has 0 aliphatic rings. The maximum Gasteiger partial charge on any atom is 0.317 e. The van der Waals surface area contributed by atoms with Gasteiger partial charge in [-0.2, -0.15) is 0 Å². The number of nitrogens with one attached hydrogen (secondary N) is 2. The Bertz CT molecular complexity index is 1840. The van der Waals surface area contributed by atoms with Crippen molar-refractivity contribution in [3.8, 4) is 0 Å². The first-order chi connectivity index (χ1) is 38.3. The number of imide groups is 2. The minimum Gasteiger partial charge on any atom is -0.480 e. The van der Waals surface area contributed by atoms with Crippen LogP contribution in [0.15, 0.2) is 20.6 Å². The molecule has 0 heterocycles. The summed E-state index contributed by atoms with van der Waals surface area (Å²) >= 11 is 0. The van der Waals surface area contributed by atoms with Crippen LogP contribution in [0.1, 0.15) is 0 Å². The lowest BCUT2D eigenvalue weighted by Crippen LogP contribution is -2.49. The van der Waals surface area contributed by atoms with Crippen LogP contribution in [0.4, 0.5) is 0 Å². The predicted octanol–water partition coefficient (Wildman–Crippen LogP) is -13.0. The second-order valence-electron chi connectivity index (χ2n) is 16.5. The lowest BCUT2D eigenvalue weighted by Gasteiger charge is -2.28. The molecule has 0 spiro atoms. The number of nitrogens with zero attached hydrogens (tertiary/aromatic N) is 9. The maximum absolute atomic E-state index is 13.0. The second-order valence-corrected chi connectivity index (χ2v) is 16.5. The first kappa shape index (κ1) is 73.9. The Hall–Kier alpha value is -7.09. The van der Waals surface area contributed by atoms with Gasteiger partial charge in [0.1, 0.15) is 48.8 Å². The summed E-state index contributed by atoms with van der Waals surface area (Å²) in [7, 11) is 0. The maximum atomic E-state index is 13.0. The lowest BCUT2D eigenvalue weighted by atomic mass is 10.2. The molecule has 8 atom stereocenters. The van der Waals surface area contributed by atoms with Crippen molar-refractivity contribution < 1.29 is 139 Å². The molecule has 0 fully saturated rings. The zero-order valence-electron chi connectivity index (χ0n) is 43.3. The zero-order valence-corrected chi connectivity index (χ0v) is 43.3. The monoisotopic (exact) mass is 1180 g/mol. The summed E-state index contributed by atoms with van der Waals surface area (Å²) in [6, 6.07) is 0. The van der Waals surface area contributed by atoms with Gasteiger partial charge in [-0.3, -0.25) is 67.7 Å². The summed E-state index contributed by atoms with van der Waals surface area (Å²) in [5, 5.41) is 158. The van der Waals surface area contributed by atoms with Crippen molar-refractivity contribution in [1.29, 1.82) is 0 Å². The fourth-order valence-corrected chi connectivity index (χ4v) is 5.68. The molecule has 39 heteroatoms. The van der Waals surface area contributed by atoms with Crippen LogP contribution in [0, 0.1) is 0 Å². The average Bonchev–Trinajstić information content (AvgIpc) is 3.41. The van der Waals surface area contributed by atoms with E-state index in [1.165, 1.54) is 4.90 Å². The summed E-state index contributed by atoms with van der Waals surface area (Å²) in [4.78, 5) is 137. The number of amides is 6. The number of rotatable bonds is 46. The number of carbonyl (C=O) groups is 9. The molecule has 17 N–H and O–H groups in total. The van der Waals surface area contributed by atoms with Crippen LogP contribution in [0.2, 0.25) is 0 Å². The van der Waals surface area contributed by atoms with Gasteiger partial charge in [-0.15, -0.1) is 0 Å². The highest BCUT2D eigenvalue weighted by Crippen LogP contribution is 2.02. The molecule has 0 aliphatic carbocycles. The highest BCUT2D eigenvalue weighted by Gasteiger charge is 2.27. The largest absolute Gasteiger partial charge is 0.480 e. The number of hydrogen-bond donors (Lipinski definition) is 17. The molecule has 0 aromatic heterocycles. The Morgan fingerprint density at radius 1 is 0.370 bits per heavy atom. The normalized spacial score (nSPS) is 14.8. The third-order valence-corrected chi connectivity index (χ3v) is 10.0. The van der Waals surface area contributed by atoms with Crippen molar-refractivity contribution in [2.45, 2.75) is 48.8 Å². The van der Waals surface area contributed by atoms with E-state index in [1.54, 1.807) is 0 Å². The van der Waals surface area contributed by atoms with Crippen molar-refractivity contribution in [1.82, 2.24) is 35.1 Å². The quantitative estimate of drug-likeness (QED) is 0.0199. The molecular formula is C42H71N11O28. The number of oxime groups is 4. The third-order valence-electron chi connectivity index (χ3n) is 10.0. The molecule has 39 nitrogen and oxygen atoms in total. The summed E-state index contributed by atoms with van der Waals surface area (Å²) in [5.74, 6) is -10.5. The van der Waals surface area contributed by atoms with Gasteiger partial charge in [-0.05, 0) is 0 Å². The van der Waals surface area contributed by atoms with Crippen molar-refractivity contribution in [3.63, 3.8) is 0 Å². The minimum atomic E-state index is -1.71. The first-order valence-electron chi connectivity index (χ1n) is 23.8. The van der Waals surface area contributed by atoms with Crippen LogP contribution in [-0.2, 0) is 62.5 Å². The van der Waals surface area contributed by atoms with Crippen LogP contribution in [0.25, 0.3) is 0 Å². The van der Waals surface area contributed by atoms with E-state index in [4.69, 9.17) is 39.8 Å². The number of carboxylic acid groups (broad SMARTS) is 3. The van der Waals surface area contributed by atoms with Crippen molar-refractivity contribution >= 4 is 78.2 Å². The number of hydrogen-bond acceptors (Lipinski definition) is 32. The van der Waals surface area contributed by atoms with Gasteiger partial charge in [0.2, 0.25) is 11.8 Å². The van der Waals surface area contributed by atoms with E-state index in [9.17, 15) is 99.3 Å². The molecule has 0 aliphatic heterocycles. The van der Waals surface area contributed by atoms with Gasteiger partial charge in [0.05, 0.1) is 84.0 Å². The molecule has 0 aromatic carbocycles. The van der Waals surface area contributed by atoms with E-state index >= 15 is 0 Å². The molecule has 0 saturated heterocycles. The Balaban J connectivity index is 5.92. The van der Waals surface area contributed by atoms with E-state index < -0.39 is 214 Å². The van der Waals surface area contributed by atoms with E-state index in [2.05, 4.69) is 31.3 Å². The van der Waals surface area contributed by atoms with Gasteiger partial charge in [0.25, 0.3) is 23.6 Å². The number of aliphatic hydroxyl groups is 12. The van der Waals surface area contributed by atoms with Crippen LogP contribution in [-0.4, -0.2) is 366 Å². The third kappa shape index (κ3) is 34.6. The molecule has 0 aromatic rings. The predicted molar refractivity (Wildman–Crippen MR) is 266 cm³/mol. The molecular weight excluding hydrogens is 1110 g/mol. The number of aliphatic hydroxyl groups excluding tert-OH is 12. The second kappa shape index (κ2) is 42.8. The van der Waals surface area contributed by atoms with Crippen molar-refractivity contribution in [3.05, 3.63) is 0 Å². The highest BCUT2D eigenvalue weighted by molar-refractivity contribution is 5.97. The molecule has 462 valence electrons. The van der Waals surface area contributed by atoms with Gasteiger partial charge in [-0.25, -0.2) is 0 Å². The van der Waals surface area contributed by atoms with E-state index in [0.29, 0.717) is 34.7 Å². The summed E-state index contributed by atoms with van der Waals surface area (Å²) in [5.41, 5.74) is 0. The van der Waals surface area contributed by atoms with Gasteiger partial charge in [0, 0.05) is 52.4 Å². The van der Waals surface area contributed by atoms with E-state index in [1.807, 2.05) is 0 Å². The first-order valence-corrected chi connectivity index (χ1v) is 23.8. The molecule has 5 unspecified atom stereocenters. The van der Waals surface area contributed by atoms with Crippen LogP contribution in [0.3, 0.4) is 0 Å². The van der Waals surface area contributed by atoms with Crippen molar-refractivity contribution in [2.75, 3.05) is 138 Å². The molecule has 0 saturated carbocycles. The summed E-state index contributed by atoms with van der Waals surface area (Å²) in [6.07, 6.45) is -10.9. The molecule has 0 bridgehead atoms. The Labute approximate surface area is 459 Å². The van der Waals surface area contributed by atoms with Crippen LogP contribution >= 0.6 is 0 Å². The van der Waals surface area contributed by atoms with Gasteiger partial charge >= 0.3 is 17.9 Å². The summed E-state index contributed by atoms with van der Waals surface area (Å²) < 4.78 is 0. The number of carbonyl (C=O) groups excluding carboxylic acids is 6. The Morgan fingerprint density at radius 3 is 0.840 bits per heavy atom. The van der Waals surface area contributed by atoms with Crippen molar-refractivity contribution in [2.24, 2.45) is 20.6 Å². The van der Waals surface area contributed by atoms with Gasteiger partial charge < -0.3 is 107 Å².